The molecule has 1 fully saturated rings. The molecule has 1 saturated carbocycles. The number of hydrogen-bond acceptors (Lipinski definition) is 1. The second kappa shape index (κ2) is 5.22. The molecule has 1 aliphatic heterocycles. The molecule has 0 radical (unpaired) electrons. The lowest BCUT2D eigenvalue weighted by atomic mass is 9.88. The summed E-state index contributed by atoms with van der Waals surface area (Å²) in [5, 5.41) is 0. The van der Waals surface area contributed by atoms with E-state index in [2.05, 4.69) is 29.2 Å². The number of rotatable bonds is 2. The summed E-state index contributed by atoms with van der Waals surface area (Å²) in [5.74, 6) is 0.981. The van der Waals surface area contributed by atoms with E-state index in [1.54, 1.807) is 11.1 Å². The van der Waals surface area contributed by atoms with Crippen LogP contribution in [-0.2, 0) is 13.0 Å². The van der Waals surface area contributed by atoms with E-state index in [0.29, 0.717) is 0 Å². The Labute approximate surface area is 105 Å². The maximum atomic E-state index is 2.68. The molecule has 0 saturated heterocycles. The van der Waals surface area contributed by atoms with Crippen LogP contribution in [0.1, 0.15) is 43.2 Å². The Hall–Kier alpha value is -0.820. The van der Waals surface area contributed by atoms with Gasteiger partial charge in [-0.2, -0.15) is 0 Å². The van der Waals surface area contributed by atoms with Crippen molar-refractivity contribution in [3.8, 4) is 0 Å². The van der Waals surface area contributed by atoms with Crippen LogP contribution >= 0.6 is 0 Å². The predicted octanol–water partition coefficient (Wildman–Crippen LogP) is 3.63. The van der Waals surface area contributed by atoms with Crippen molar-refractivity contribution < 1.29 is 0 Å². The number of benzene rings is 1. The Balaban J connectivity index is 1.60. The van der Waals surface area contributed by atoms with Gasteiger partial charge in [-0.15, -0.1) is 0 Å². The van der Waals surface area contributed by atoms with Gasteiger partial charge in [0.05, 0.1) is 0 Å². The summed E-state index contributed by atoms with van der Waals surface area (Å²) >= 11 is 0. The first kappa shape index (κ1) is 11.3. The fourth-order valence-corrected chi connectivity index (χ4v) is 3.44. The Morgan fingerprint density at radius 3 is 2.59 bits per heavy atom. The Kier molecular flexibility index (Phi) is 3.46. The maximum Gasteiger partial charge on any atom is 0.0236 e. The molecular weight excluding hydrogens is 206 g/mol. The Morgan fingerprint density at radius 2 is 1.76 bits per heavy atom. The molecule has 1 nitrogen and oxygen atoms in total. The van der Waals surface area contributed by atoms with Crippen molar-refractivity contribution in [2.75, 3.05) is 13.1 Å². The van der Waals surface area contributed by atoms with E-state index in [9.17, 15) is 0 Å². The van der Waals surface area contributed by atoms with E-state index in [1.807, 2.05) is 0 Å². The summed E-state index contributed by atoms with van der Waals surface area (Å²) in [6.45, 7) is 3.80. The maximum absolute atomic E-state index is 2.68. The van der Waals surface area contributed by atoms with Crippen LogP contribution in [0.3, 0.4) is 0 Å². The summed E-state index contributed by atoms with van der Waals surface area (Å²) in [7, 11) is 0. The van der Waals surface area contributed by atoms with Gasteiger partial charge in [-0.25, -0.2) is 0 Å². The minimum Gasteiger partial charge on any atom is -0.298 e. The van der Waals surface area contributed by atoms with Gasteiger partial charge in [0.15, 0.2) is 0 Å². The van der Waals surface area contributed by atoms with Crippen LogP contribution in [0, 0.1) is 5.92 Å². The molecule has 0 aromatic heterocycles. The third kappa shape index (κ3) is 2.71. The minimum absolute atomic E-state index is 0.981. The quantitative estimate of drug-likeness (QED) is 0.748. The van der Waals surface area contributed by atoms with E-state index in [4.69, 9.17) is 0 Å². The van der Waals surface area contributed by atoms with Gasteiger partial charge in [0.2, 0.25) is 0 Å². The third-order valence-electron chi connectivity index (χ3n) is 4.45. The molecule has 0 unspecified atom stereocenters. The Morgan fingerprint density at radius 1 is 1.00 bits per heavy atom. The highest BCUT2D eigenvalue weighted by Crippen LogP contribution is 2.26. The molecule has 2 aliphatic rings. The zero-order valence-corrected chi connectivity index (χ0v) is 10.7. The zero-order valence-electron chi connectivity index (χ0n) is 10.7. The molecule has 1 heterocycles. The van der Waals surface area contributed by atoms with E-state index >= 15 is 0 Å². The van der Waals surface area contributed by atoms with Crippen LogP contribution in [-0.4, -0.2) is 18.0 Å². The fraction of sp³-hybridized carbons (Fsp3) is 0.625. The van der Waals surface area contributed by atoms with E-state index in [1.165, 1.54) is 58.2 Å². The highest BCUT2D eigenvalue weighted by atomic mass is 15.1. The average molecular weight is 229 g/mol. The van der Waals surface area contributed by atoms with Crippen molar-refractivity contribution >= 4 is 0 Å². The molecule has 0 amide bonds. The van der Waals surface area contributed by atoms with Crippen LogP contribution in [0.4, 0.5) is 0 Å². The molecule has 3 rings (SSSR count). The first-order chi connectivity index (χ1) is 8.42. The summed E-state index contributed by atoms with van der Waals surface area (Å²) in [5.41, 5.74) is 3.14. The third-order valence-corrected chi connectivity index (χ3v) is 4.45. The largest absolute Gasteiger partial charge is 0.298 e. The van der Waals surface area contributed by atoms with Crippen molar-refractivity contribution in [3.05, 3.63) is 35.4 Å². The first-order valence-corrected chi connectivity index (χ1v) is 7.21. The smallest absolute Gasteiger partial charge is 0.0236 e. The van der Waals surface area contributed by atoms with Crippen LogP contribution < -0.4 is 0 Å². The highest BCUT2D eigenvalue weighted by molar-refractivity contribution is 5.29. The highest BCUT2D eigenvalue weighted by Gasteiger charge is 2.20. The molecule has 1 aliphatic carbocycles. The molecule has 0 atom stereocenters. The van der Waals surface area contributed by atoms with Gasteiger partial charge in [-0.05, 0) is 36.3 Å². The normalized spacial score (nSPS) is 22.4. The minimum atomic E-state index is 0.981. The zero-order chi connectivity index (χ0) is 11.5. The number of nitrogens with zero attached hydrogens (tertiary/aromatic N) is 1. The standard InChI is InChI=1S/C16H23N/c1-2-6-14(7-3-1)12-17-11-10-15-8-4-5-9-16(15)13-17/h4-5,8-9,14H,1-3,6-7,10-13H2. The van der Waals surface area contributed by atoms with Gasteiger partial charge in [0.25, 0.3) is 0 Å². The molecule has 1 aromatic rings. The topological polar surface area (TPSA) is 3.24 Å². The van der Waals surface area contributed by atoms with Gasteiger partial charge in [0.1, 0.15) is 0 Å². The number of hydrogen-bond donors (Lipinski definition) is 0. The molecule has 1 heteroatoms. The summed E-state index contributed by atoms with van der Waals surface area (Å²) in [6.07, 6.45) is 8.60. The molecule has 1 aromatic carbocycles. The number of fused-ring (bicyclic) bond motifs is 1. The lowest BCUT2D eigenvalue weighted by Crippen LogP contribution is -2.35. The van der Waals surface area contributed by atoms with Crippen molar-refractivity contribution in [2.45, 2.75) is 45.1 Å². The van der Waals surface area contributed by atoms with Crippen molar-refractivity contribution in [2.24, 2.45) is 5.92 Å². The van der Waals surface area contributed by atoms with E-state index in [0.717, 1.165) is 5.92 Å². The second-order valence-corrected chi connectivity index (χ2v) is 5.76. The summed E-state index contributed by atoms with van der Waals surface area (Å²) < 4.78 is 0. The van der Waals surface area contributed by atoms with E-state index in [-0.39, 0.29) is 0 Å². The molecule has 0 bridgehead atoms. The monoisotopic (exact) mass is 229 g/mol. The fourth-order valence-electron chi connectivity index (χ4n) is 3.44. The van der Waals surface area contributed by atoms with Crippen LogP contribution in [0.15, 0.2) is 24.3 Å². The average Bonchev–Trinajstić information content (AvgIpc) is 2.40. The van der Waals surface area contributed by atoms with Crippen molar-refractivity contribution in [1.82, 2.24) is 4.90 Å². The Bertz CT molecular complexity index is 366. The lowest BCUT2D eigenvalue weighted by molar-refractivity contribution is 0.187. The van der Waals surface area contributed by atoms with Crippen LogP contribution in [0.5, 0.6) is 0 Å². The second-order valence-electron chi connectivity index (χ2n) is 5.76. The van der Waals surface area contributed by atoms with Gasteiger partial charge in [-0.1, -0.05) is 43.5 Å². The summed E-state index contributed by atoms with van der Waals surface area (Å²) in [6, 6.07) is 8.97. The lowest BCUT2D eigenvalue weighted by Gasteiger charge is -2.33. The van der Waals surface area contributed by atoms with Crippen LogP contribution in [0.2, 0.25) is 0 Å². The SMILES string of the molecule is c1ccc2c(c1)CCN(CC1CCCCC1)C2. The van der Waals surface area contributed by atoms with Gasteiger partial charge >= 0.3 is 0 Å². The predicted molar refractivity (Wildman–Crippen MR) is 72.0 cm³/mol. The first-order valence-electron chi connectivity index (χ1n) is 7.21. The summed E-state index contributed by atoms with van der Waals surface area (Å²) in [4.78, 5) is 2.68. The molecule has 92 valence electrons. The molecule has 0 N–H and O–H groups in total. The van der Waals surface area contributed by atoms with Crippen molar-refractivity contribution in [3.63, 3.8) is 0 Å². The molecular formula is C16H23N. The van der Waals surface area contributed by atoms with E-state index < -0.39 is 0 Å². The van der Waals surface area contributed by atoms with Crippen molar-refractivity contribution in [1.29, 1.82) is 0 Å². The van der Waals surface area contributed by atoms with Gasteiger partial charge < -0.3 is 0 Å². The van der Waals surface area contributed by atoms with Gasteiger partial charge in [0, 0.05) is 19.6 Å². The van der Waals surface area contributed by atoms with Crippen LogP contribution in [0.25, 0.3) is 0 Å². The van der Waals surface area contributed by atoms with Gasteiger partial charge in [-0.3, -0.25) is 4.90 Å². The molecule has 17 heavy (non-hydrogen) atoms. The molecule has 0 spiro atoms.